The minimum absolute atomic E-state index is 0.580. The van der Waals surface area contributed by atoms with Crippen molar-refractivity contribution in [1.82, 2.24) is 0 Å². The van der Waals surface area contributed by atoms with Crippen molar-refractivity contribution < 1.29 is 9.90 Å². The average molecular weight is 307 g/mol. The van der Waals surface area contributed by atoms with Crippen LogP contribution < -0.4 is 0 Å². The van der Waals surface area contributed by atoms with Crippen molar-refractivity contribution in [2.75, 3.05) is 5.75 Å². The van der Waals surface area contributed by atoms with Crippen molar-refractivity contribution in [3.8, 4) is 0 Å². The Balaban J connectivity index is 2.21. The zero-order valence-electron chi connectivity index (χ0n) is 8.03. The summed E-state index contributed by atoms with van der Waals surface area (Å²) in [6, 6.07) is 2.01. The van der Waals surface area contributed by atoms with E-state index in [0.717, 1.165) is 27.9 Å². The van der Waals surface area contributed by atoms with Crippen LogP contribution in [0.4, 0.5) is 0 Å². The van der Waals surface area contributed by atoms with Crippen LogP contribution in [-0.2, 0) is 11.2 Å². The first-order chi connectivity index (χ1) is 7.14. The lowest BCUT2D eigenvalue weighted by Crippen LogP contribution is -2.34. The highest BCUT2D eigenvalue weighted by atomic mass is 79.9. The Morgan fingerprint density at radius 3 is 2.93 bits per heavy atom. The summed E-state index contributed by atoms with van der Waals surface area (Å²) in [6.45, 7) is 0. The van der Waals surface area contributed by atoms with E-state index in [2.05, 4.69) is 15.9 Å². The van der Waals surface area contributed by atoms with Gasteiger partial charge in [-0.05, 0) is 58.0 Å². The second-order valence-corrected chi connectivity index (χ2v) is 7.36. The van der Waals surface area contributed by atoms with E-state index in [1.54, 1.807) is 23.1 Å². The lowest BCUT2D eigenvalue weighted by Gasteiger charge is -2.22. The van der Waals surface area contributed by atoms with Crippen LogP contribution in [0.15, 0.2) is 15.2 Å². The van der Waals surface area contributed by atoms with Crippen LogP contribution in [0.5, 0.6) is 0 Å². The molecule has 0 saturated carbocycles. The summed E-state index contributed by atoms with van der Waals surface area (Å²) in [5.74, 6) is 0.303. The second kappa shape index (κ2) is 4.47. The number of hydrogen-bond acceptors (Lipinski definition) is 3. The lowest BCUT2D eigenvalue weighted by molar-refractivity contribution is -0.139. The fraction of sp³-hybridized carbons (Fsp3) is 0.500. The van der Waals surface area contributed by atoms with E-state index in [4.69, 9.17) is 0 Å². The van der Waals surface area contributed by atoms with E-state index in [1.807, 2.05) is 11.4 Å². The Hall–Kier alpha value is -0.000000000000000111. The topological polar surface area (TPSA) is 37.3 Å². The number of carboxylic acids is 1. The first kappa shape index (κ1) is 11.5. The molecule has 1 fully saturated rings. The summed E-state index contributed by atoms with van der Waals surface area (Å²) in [7, 11) is 0. The van der Waals surface area contributed by atoms with Gasteiger partial charge in [0.05, 0.1) is 3.79 Å². The maximum absolute atomic E-state index is 11.3. The molecule has 0 aromatic carbocycles. The SMILES string of the molecule is O=C(O)C1(Cc2ccsc2Br)CCCS1. The normalized spacial score (nSPS) is 25.7. The molecule has 0 bridgehead atoms. The Kier molecular flexibility index (Phi) is 3.42. The number of thioether (sulfide) groups is 1. The maximum Gasteiger partial charge on any atom is 0.320 e. The van der Waals surface area contributed by atoms with Crippen molar-refractivity contribution in [2.45, 2.75) is 24.0 Å². The van der Waals surface area contributed by atoms with Crippen LogP contribution in [0, 0.1) is 0 Å². The zero-order valence-corrected chi connectivity index (χ0v) is 11.3. The summed E-state index contributed by atoms with van der Waals surface area (Å²) in [5.41, 5.74) is 1.12. The van der Waals surface area contributed by atoms with E-state index in [1.165, 1.54) is 0 Å². The number of halogens is 1. The van der Waals surface area contributed by atoms with Crippen LogP contribution >= 0.6 is 39.0 Å². The molecular weight excluding hydrogens is 296 g/mol. The van der Waals surface area contributed by atoms with Gasteiger partial charge in [-0.1, -0.05) is 0 Å². The zero-order chi connectivity index (χ0) is 10.9. The maximum atomic E-state index is 11.3. The molecule has 1 atom stereocenters. The number of carbonyl (C=O) groups is 1. The van der Waals surface area contributed by atoms with E-state index < -0.39 is 10.7 Å². The third-order valence-corrected chi connectivity index (χ3v) is 6.04. The summed E-state index contributed by atoms with van der Waals surface area (Å²) in [5, 5.41) is 11.3. The van der Waals surface area contributed by atoms with Gasteiger partial charge in [-0.15, -0.1) is 23.1 Å². The standard InChI is InChI=1S/C10H11BrO2S2/c11-8-7(2-5-14-8)6-10(9(12)13)3-1-4-15-10/h2,5H,1,3-4,6H2,(H,12,13). The van der Waals surface area contributed by atoms with E-state index >= 15 is 0 Å². The molecule has 1 N–H and O–H groups in total. The molecule has 2 rings (SSSR count). The van der Waals surface area contributed by atoms with Crippen LogP contribution in [-0.4, -0.2) is 21.6 Å². The van der Waals surface area contributed by atoms with Crippen LogP contribution in [0.3, 0.4) is 0 Å². The van der Waals surface area contributed by atoms with Crippen molar-refractivity contribution in [3.63, 3.8) is 0 Å². The molecule has 1 saturated heterocycles. The molecule has 15 heavy (non-hydrogen) atoms. The number of carboxylic acid groups (broad SMARTS) is 1. The molecule has 0 spiro atoms. The molecule has 0 amide bonds. The molecule has 0 aliphatic carbocycles. The minimum atomic E-state index is -0.664. The summed E-state index contributed by atoms with van der Waals surface area (Å²) in [6.07, 6.45) is 2.44. The molecule has 5 heteroatoms. The second-order valence-electron chi connectivity index (χ2n) is 3.65. The Morgan fingerprint density at radius 1 is 1.67 bits per heavy atom. The minimum Gasteiger partial charge on any atom is -0.480 e. The number of aliphatic carboxylic acids is 1. The van der Waals surface area contributed by atoms with Gasteiger partial charge in [0.2, 0.25) is 0 Å². The van der Waals surface area contributed by atoms with Crippen molar-refractivity contribution in [2.24, 2.45) is 0 Å². The van der Waals surface area contributed by atoms with Crippen molar-refractivity contribution in [3.05, 3.63) is 20.8 Å². The molecule has 82 valence electrons. The number of rotatable bonds is 3. The predicted octanol–water partition coefficient (Wildman–Crippen LogP) is 3.40. The third-order valence-electron chi connectivity index (χ3n) is 2.66. The smallest absolute Gasteiger partial charge is 0.320 e. The summed E-state index contributed by atoms with van der Waals surface area (Å²) < 4.78 is 0.486. The summed E-state index contributed by atoms with van der Waals surface area (Å²) >= 11 is 6.66. The van der Waals surface area contributed by atoms with Gasteiger partial charge < -0.3 is 5.11 Å². The van der Waals surface area contributed by atoms with Gasteiger partial charge in [0.25, 0.3) is 0 Å². The van der Waals surface area contributed by atoms with E-state index in [0.29, 0.717) is 6.42 Å². The van der Waals surface area contributed by atoms with Crippen molar-refractivity contribution >= 4 is 45.0 Å². The van der Waals surface area contributed by atoms with Gasteiger partial charge in [-0.2, -0.15) is 0 Å². The predicted molar refractivity (Wildman–Crippen MR) is 67.8 cm³/mol. The third kappa shape index (κ3) is 2.24. The molecule has 1 unspecified atom stereocenters. The van der Waals surface area contributed by atoms with Crippen molar-refractivity contribution in [1.29, 1.82) is 0 Å². The molecule has 2 nitrogen and oxygen atoms in total. The molecule has 1 aromatic heterocycles. The largest absolute Gasteiger partial charge is 0.480 e. The van der Waals surface area contributed by atoms with Gasteiger partial charge in [0, 0.05) is 0 Å². The highest BCUT2D eigenvalue weighted by molar-refractivity contribution is 9.11. The first-order valence-electron chi connectivity index (χ1n) is 4.73. The Bertz CT molecular complexity index is 369. The average Bonchev–Trinajstić information content (AvgIpc) is 2.78. The summed E-state index contributed by atoms with van der Waals surface area (Å²) in [4.78, 5) is 11.3. The van der Waals surface area contributed by atoms with Crippen LogP contribution in [0.2, 0.25) is 0 Å². The van der Waals surface area contributed by atoms with Crippen LogP contribution in [0.25, 0.3) is 0 Å². The monoisotopic (exact) mass is 306 g/mol. The fourth-order valence-electron chi connectivity index (χ4n) is 1.83. The molecule has 1 aromatic rings. The van der Waals surface area contributed by atoms with E-state index in [-0.39, 0.29) is 0 Å². The van der Waals surface area contributed by atoms with Crippen LogP contribution in [0.1, 0.15) is 18.4 Å². The molecule has 0 radical (unpaired) electrons. The van der Waals surface area contributed by atoms with Gasteiger partial charge in [0.15, 0.2) is 0 Å². The molecule has 1 aliphatic heterocycles. The highest BCUT2D eigenvalue weighted by Crippen LogP contribution is 2.42. The Labute approximate surface area is 105 Å². The fourth-order valence-corrected chi connectivity index (χ4v) is 4.42. The number of thiophene rings is 1. The molecule has 1 aliphatic rings. The molecular formula is C10H11BrO2S2. The van der Waals surface area contributed by atoms with Gasteiger partial charge in [-0.3, -0.25) is 4.79 Å². The lowest BCUT2D eigenvalue weighted by atomic mass is 9.96. The molecule has 2 heterocycles. The Morgan fingerprint density at radius 2 is 2.47 bits per heavy atom. The quantitative estimate of drug-likeness (QED) is 0.930. The number of hydrogen-bond donors (Lipinski definition) is 1. The van der Waals surface area contributed by atoms with Gasteiger partial charge in [0.1, 0.15) is 4.75 Å². The van der Waals surface area contributed by atoms with Gasteiger partial charge in [-0.25, -0.2) is 0 Å². The van der Waals surface area contributed by atoms with E-state index in [9.17, 15) is 9.90 Å². The first-order valence-corrected chi connectivity index (χ1v) is 7.39. The van der Waals surface area contributed by atoms with Gasteiger partial charge >= 0.3 is 5.97 Å². The highest BCUT2D eigenvalue weighted by Gasteiger charge is 2.42.